The van der Waals surface area contributed by atoms with Crippen LogP contribution < -0.4 is 5.32 Å². The SMILES string of the molecule is CC(C)N1CCC(C)(NC(=O)c2ccccc2S(C)(=O)=O)CC1. The molecule has 0 radical (unpaired) electrons. The molecule has 0 atom stereocenters. The zero-order valence-corrected chi connectivity index (χ0v) is 15.1. The molecule has 1 amide bonds. The average Bonchev–Trinajstić information content (AvgIpc) is 2.46. The lowest BCUT2D eigenvalue weighted by Gasteiger charge is -2.41. The number of benzene rings is 1. The van der Waals surface area contributed by atoms with E-state index in [4.69, 9.17) is 0 Å². The number of carbonyl (C=O) groups is 1. The predicted octanol–water partition coefficient (Wildman–Crippen LogP) is 2.08. The van der Waals surface area contributed by atoms with Gasteiger partial charge >= 0.3 is 0 Å². The van der Waals surface area contributed by atoms with Crippen LogP contribution in [0.1, 0.15) is 44.0 Å². The van der Waals surface area contributed by atoms with Crippen LogP contribution in [0.25, 0.3) is 0 Å². The van der Waals surface area contributed by atoms with Crippen LogP contribution >= 0.6 is 0 Å². The fourth-order valence-corrected chi connectivity index (χ4v) is 3.86. The molecule has 0 spiro atoms. The zero-order valence-electron chi connectivity index (χ0n) is 14.3. The summed E-state index contributed by atoms with van der Waals surface area (Å²) in [6.45, 7) is 8.24. The molecular formula is C17H26N2O3S. The van der Waals surface area contributed by atoms with E-state index in [0.717, 1.165) is 32.2 Å². The molecule has 128 valence electrons. The fourth-order valence-electron chi connectivity index (χ4n) is 2.98. The summed E-state index contributed by atoms with van der Waals surface area (Å²) >= 11 is 0. The molecule has 5 nitrogen and oxygen atoms in total. The molecule has 23 heavy (non-hydrogen) atoms. The molecule has 1 aliphatic rings. The van der Waals surface area contributed by atoms with E-state index < -0.39 is 9.84 Å². The van der Waals surface area contributed by atoms with E-state index in [9.17, 15) is 13.2 Å². The van der Waals surface area contributed by atoms with E-state index >= 15 is 0 Å². The number of nitrogens with zero attached hydrogens (tertiary/aromatic N) is 1. The Kier molecular flexibility index (Phi) is 5.16. The van der Waals surface area contributed by atoms with Crippen molar-refractivity contribution < 1.29 is 13.2 Å². The molecule has 6 heteroatoms. The van der Waals surface area contributed by atoms with Crippen molar-refractivity contribution in [2.45, 2.75) is 50.1 Å². The van der Waals surface area contributed by atoms with Gasteiger partial charge in [-0.1, -0.05) is 12.1 Å². The van der Waals surface area contributed by atoms with Crippen LogP contribution in [0.3, 0.4) is 0 Å². The maximum absolute atomic E-state index is 12.6. The Labute approximate surface area is 139 Å². The molecule has 1 aromatic rings. The molecule has 1 saturated heterocycles. The largest absolute Gasteiger partial charge is 0.347 e. The van der Waals surface area contributed by atoms with Gasteiger partial charge in [0.1, 0.15) is 0 Å². The first-order valence-electron chi connectivity index (χ1n) is 7.98. The summed E-state index contributed by atoms with van der Waals surface area (Å²) in [5, 5.41) is 3.05. The first-order valence-corrected chi connectivity index (χ1v) is 9.87. The van der Waals surface area contributed by atoms with Crippen LogP contribution in [0.2, 0.25) is 0 Å². The van der Waals surface area contributed by atoms with Crippen molar-refractivity contribution in [3.8, 4) is 0 Å². The minimum Gasteiger partial charge on any atom is -0.347 e. The predicted molar refractivity (Wildman–Crippen MR) is 91.4 cm³/mol. The lowest BCUT2D eigenvalue weighted by atomic mass is 9.88. The quantitative estimate of drug-likeness (QED) is 0.913. The van der Waals surface area contributed by atoms with Crippen molar-refractivity contribution in [1.29, 1.82) is 0 Å². The highest BCUT2D eigenvalue weighted by Crippen LogP contribution is 2.24. The Bertz CT molecular complexity index is 675. The van der Waals surface area contributed by atoms with Crippen molar-refractivity contribution in [1.82, 2.24) is 10.2 Å². The van der Waals surface area contributed by atoms with Gasteiger partial charge < -0.3 is 10.2 Å². The summed E-state index contributed by atoms with van der Waals surface area (Å²) in [6.07, 6.45) is 2.85. The maximum atomic E-state index is 12.6. The smallest absolute Gasteiger partial charge is 0.253 e. The number of likely N-dealkylation sites (tertiary alicyclic amines) is 1. The molecule has 1 aliphatic heterocycles. The molecule has 1 N–H and O–H groups in total. The highest BCUT2D eigenvalue weighted by Gasteiger charge is 2.33. The molecule has 0 aliphatic carbocycles. The van der Waals surface area contributed by atoms with Gasteiger partial charge in [-0.25, -0.2) is 8.42 Å². The lowest BCUT2D eigenvalue weighted by Crippen LogP contribution is -2.54. The standard InChI is InChI=1S/C17H26N2O3S/c1-13(2)19-11-9-17(3,10-12-19)18-16(20)14-7-5-6-8-15(14)23(4,21)22/h5-8,13H,9-12H2,1-4H3,(H,18,20). The van der Waals surface area contributed by atoms with E-state index in [1.165, 1.54) is 6.07 Å². The third-order valence-electron chi connectivity index (χ3n) is 4.58. The van der Waals surface area contributed by atoms with Crippen molar-refractivity contribution >= 4 is 15.7 Å². The molecule has 0 bridgehead atoms. The number of carbonyl (C=O) groups excluding carboxylic acids is 1. The number of hydrogen-bond donors (Lipinski definition) is 1. The number of nitrogens with one attached hydrogen (secondary N) is 1. The van der Waals surface area contributed by atoms with Gasteiger partial charge in [0.25, 0.3) is 5.91 Å². The number of amides is 1. The normalized spacial score (nSPS) is 18.8. The van der Waals surface area contributed by atoms with Gasteiger partial charge in [-0.3, -0.25) is 4.79 Å². The highest BCUT2D eigenvalue weighted by molar-refractivity contribution is 7.90. The number of sulfone groups is 1. The first kappa shape index (κ1) is 17.9. The summed E-state index contributed by atoms with van der Waals surface area (Å²) in [6, 6.07) is 6.87. The van der Waals surface area contributed by atoms with E-state index in [-0.39, 0.29) is 21.9 Å². The second-order valence-corrected chi connectivity index (χ2v) is 8.90. The van der Waals surface area contributed by atoms with Gasteiger partial charge in [0.2, 0.25) is 0 Å². The van der Waals surface area contributed by atoms with Gasteiger partial charge in [0.05, 0.1) is 10.5 Å². The highest BCUT2D eigenvalue weighted by atomic mass is 32.2. The number of hydrogen-bond acceptors (Lipinski definition) is 4. The Morgan fingerprint density at radius 2 is 1.78 bits per heavy atom. The summed E-state index contributed by atoms with van der Waals surface area (Å²) < 4.78 is 23.7. The molecular weight excluding hydrogens is 312 g/mol. The Balaban J connectivity index is 2.15. The minimum absolute atomic E-state index is 0.0840. The topological polar surface area (TPSA) is 66.5 Å². The van der Waals surface area contributed by atoms with E-state index in [2.05, 4.69) is 24.1 Å². The van der Waals surface area contributed by atoms with Gasteiger partial charge in [0.15, 0.2) is 9.84 Å². The van der Waals surface area contributed by atoms with Crippen molar-refractivity contribution in [2.24, 2.45) is 0 Å². The van der Waals surface area contributed by atoms with E-state index in [0.29, 0.717) is 6.04 Å². The summed E-state index contributed by atoms with van der Waals surface area (Å²) in [4.78, 5) is 15.1. The minimum atomic E-state index is -3.43. The zero-order chi connectivity index (χ0) is 17.3. The van der Waals surface area contributed by atoms with Gasteiger partial charge in [-0.2, -0.15) is 0 Å². The molecule has 2 rings (SSSR count). The Morgan fingerprint density at radius 1 is 1.22 bits per heavy atom. The summed E-state index contributed by atoms with van der Waals surface area (Å²) in [5.74, 6) is -0.313. The van der Waals surface area contributed by atoms with Gasteiger partial charge in [0, 0.05) is 30.9 Å². The van der Waals surface area contributed by atoms with Crippen LogP contribution in [-0.2, 0) is 9.84 Å². The fraction of sp³-hybridized carbons (Fsp3) is 0.588. The summed E-state index contributed by atoms with van der Waals surface area (Å²) in [5.41, 5.74) is -0.0740. The van der Waals surface area contributed by atoms with Crippen molar-refractivity contribution in [3.05, 3.63) is 29.8 Å². The van der Waals surface area contributed by atoms with Crippen LogP contribution in [0.4, 0.5) is 0 Å². The number of rotatable bonds is 4. The molecule has 0 unspecified atom stereocenters. The third-order valence-corrected chi connectivity index (χ3v) is 5.73. The van der Waals surface area contributed by atoms with Gasteiger partial charge in [-0.15, -0.1) is 0 Å². The van der Waals surface area contributed by atoms with Gasteiger partial charge in [-0.05, 0) is 45.7 Å². The lowest BCUT2D eigenvalue weighted by molar-refractivity contribution is 0.0798. The monoisotopic (exact) mass is 338 g/mol. The second-order valence-electron chi connectivity index (χ2n) is 6.91. The van der Waals surface area contributed by atoms with E-state index in [1.54, 1.807) is 18.2 Å². The van der Waals surface area contributed by atoms with Crippen LogP contribution in [0.15, 0.2) is 29.2 Å². The Morgan fingerprint density at radius 3 is 2.30 bits per heavy atom. The second kappa shape index (κ2) is 6.61. The third kappa shape index (κ3) is 4.32. The first-order chi connectivity index (χ1) is 10.6. The van der Waals surface area contributed by atoms with Crippen LogP contribution in [-0.4, -0.2) is 50.2 Å². The summed E-state index contributed by atoms with van der Waals surface area (Å²) in [7, 11) is -3.43. The van der Waals surface area contributed by atoms with Crippen LogP contribution in [0, 0.1) is 0 Å². The molecule has 1 fully saturated rings. The molecule has 0 aromatic heterocycles. The average molecular weight is 338 g/mol. The van der Waals surface area contributed by atoms with E-state index in [1.807, 2.05) is 6.92 Å². The Hall–Kier alpha value is -1.40. The molecule has 1 heterocycles. The molecule has 0 saturated carbocycles. The maximum Gasteiger partial charge on any atom is 0.253 e. The number of piperidine rings is 1. The molecule has 1 aromatic carbocycles. The van der Waals surface area contributed by atoms with Crippen LogP contribution in [0.5, 0.6) is 0 Å². The van der Waals surface area contributed by atoms with Crippen molar-refractivity contribution in [3.63, 3.8) is 0 Å². The van der Waals surface area contributed by atoms with Crippen molar-refractivity contribution in [2.75, 3.05) is 19.3 Å².